The number of hydrogen-bond acceptors (Lipinski definition) is 3. The number of nitrogens with zero attached hydrogens (tertiary/aromatic N) is 3. The average molecular weight is 326 g/mol. The number of likely N-dealkylation sites (tertiary alicyclic amines) is 1. The van der Waals surface area contributed by atoms with Gasteiger partial charge in [-0.2, -0.15) is 0 Å². The van der Waals surface area contributed by atoms with Crippen LogP contribution in [0.3, 0.4) is 0 Å². The molecule has 1 aliphatic heterocycles. The standard InChI is InChI=1S/C19H26N4O/c1-15-12-20-18(21-15)13-22(2)19(24)14-23-10-8-17(9-11-23)16-6-4-3-5-7-16/h3-7,12,17H,8-11,13-14H2,1-2H3,(H,20,21). The average Bonchev–Trinajstić information content (AvgIpc) is 3.01. The molecule has 1 amide bonds. The van der Waals surface area contributed by atoms with E-state index in [1.54, 1.807) is 11.1 Å². The number of H-pyrrole nitrogens is 1. The molecule has 5 nitrogen and oxygen atoms in total. The van der Waals surface area contributed by atoms with Crippen molar-refractivity contribution in [1.29, 1.82) is 0 Å². The number of nitrogens with one attached hydrogen (secondary N) is 1. The van der Waals surface area contributed by atoms with E-state index in [1.165, 1.54) is 5.56 Å². The molecule has 5 heteroatoms. The minimum atomic E-state index is 0.155. The monoisotopic (exact) mass is 326 g/mol. The molecule has 3 rings (SSSR count). The van der Waals surface area contributed by atoms with E-state index in [0.29, 0.717) is 19.0 Å². The maximum Gasteiger partial charge on any atom is 0.236 e. The number of aromatic nitrogens is 2. The topological polar surface area (TPSA) is 52.2 Å². The highest BCUT2D eigenvalue weighted by Crippen LogP contribution is 2.27. The third kappa shape index (κ3) is 4.23. The Morgan fingerprint density at radius 1 is 1.29 bits per heavy atom. The Labute approximate surface area is 143 Å². The van der Waals surface area contributed by atoms with Gasteiger partial charge < -0.3 is 9.88 Å². The summed E-state index contributed by atoms with van der Waals surface area (Å²) >= 11 is 0. The van der Waals surface area contributed by atoms with Gasteiger partial charge in [0.05, 0.1) is 13.1 Å². The highest BCUT2D eigenvalue weighted by atomic mass is 16.2. The second kappa shape index (κ2) is 7.62. The fourth-order valence-corrected chi connectivity index (χ4v) is 3.32. The predicted molar refractivity (Wildman–Crippen MR) is 94.7 cm³/mol. The largest absolute Gasteiger partial charge is 0.345 e. The van der Waals surface area contributed by atoms with Gasteiger partial charge >= 0.3 is 0 Å². The Hall–Kier alpha value is -2.14. The van der Waals surface area contributed by atoms with Gasteiger partial charge in [-0.05, 0) is 44.3 Å². The van der Waals surface area contributed by atoms with E-state index in [2.05, 4.69) is 45.2 Å². The summed E-state index contributed by atoms with van der Waals surface area (Å²) in [6.07, 6.45) is 4.04. The number of amides is 1. The van der Waals surface area contributed by atoms with E-state index in [0.717, 1.165) is 37.4 Å². The molecule has 1 aromatic carbocycles. The molecule has 1 saturated heterocycles. The van der Waals surface area contributed by atoms with E-state index in [9.17, 15) is 4.79 Å². The number of carbonyl (C=O) groups is 1. The van der Waals surface area contributed by atoms with Gasteiger partial charge in [0.2, 0.25) is 5.91 Å². The zero-order valence-corrected chi connectivity index (χ0v) is 14.5. The van der Waals surface area contributed by atoms with Crippen LogP contribution in [-0.4, -0.2) is 52.4 Å². The van der Waals surface area contributed by atoms with Crippen LogP contribution < -0.4 is 0 Å². The van der Waals surface area contributed by atoms with Gasteiger partial charge in [0, 0.05) is 18.9 Å². The maximum absolute atomic E-state index is 12.4. The van der Waals surface area contributed by atoms with Gasteiger partial charge in [0.15, 0.2) is 0 Å². The number of aryl methyl sites for hydroxylation is 1. The summed E-state index contributed by atoms with van der Waals surface area (Å²) in [7, 11) is 1.84. The Morgan fingerprint density at radius 2 is 2.00 bits per heavy atom. The third-order valence-electron chi connectivity index (χ3n) is 4.79. The molecule has 0 saturated carbocycles. The smallest absolute Gasteiger partial charge is 0.236 e. The van der Waals surface area contributed by atoms with Crippen LogP contribution in [0.1, 0.15) is 35.8 Å². The van der Waals surface area contributed by atoms with Crippen LogP contribution in [0.5, 0.6) is 0 Å². The first-order valence-electron chi connectivity index (χ1n) is 8.63. The molecular weight excluding hydrogens is 300 g/mol. The molecule has 2 heterocycles. The van der Waals surface area contributed by atoms with Gasteiger partial charge in [-0.25, -0.2) is 4.98 Å². The van der Waals surface area contributed by atoms with Crippen molar-refractivity contribution in [2.45, 2.75) is 32.2 Å². The fraction of sp³-hybridized carbons (Fsp3) is 0.474. The number of benzene rings is 1. The molecule has 0 unspecified atom stereocenters. The first-order chi connectivity index (χ1) is 11.6. The van der Waals surface area contributed by atoms with Crippen molar-refractivity contribution in [1.82, 2.24) is 19.8 Å². The first-order valence-corrected chi connectivity index (χ1v) is 8.63. The lowest BCUT2D eigenvalue weighted by atomic mass is 9.89. The van der Waals surface area contributed by atoms with Crippen LogP contribution in [0.4, 0.5) is 0 Å². The molecular formula is C19H26N4O. The molecule has 0 spiro atoms. The van der Waals surface area contributed by atoms with Gasteiger partial charge in [0.1, 0.15) is 5.82 Å². The fourth-order valence-electron chi connectivity index (χ4n) is 3.32. The number of piperidine rings is 1. The predicted octanol–water partition coefficient (Wildman–Crippen LogP) is 2.56. The van der Waals surface area contributed by atoms with E-state index < -0.39 is 0 Å². The van der Waals surface area contributed by atoms with Crippen LogP contribution in [-0.2, 0) is 11.3 Å². The van der Waals surface area contributed by atoms with E-state index in [1.807, 2.05) is 14.0 Å². The van der Waals surface area contributed by atoms with Crippen LogP contribution in [0, 0.1) is 6.92 Å². The minimum Gasteiger partial charge on any atom is -0.345 e. The summed E-state index contributed by atoms with van der Waals surface area (Å²) in [5, 5.41) is 0. The lowest BCUT2D eigenvalue weighted by Crippen LogP contribution is -2.41. The zero-order chi connectivity index (χ0) is 16.9. The molecule has 1 aromatic heterocycles. The first kappa shape index (κ1) is 16.7. The molecule has 24 heavy (non-hydrogen) atoms. The summed E-state index contributed by atoms with van der Waals surface area (Å²) in [6, 6.07) is 10.7. The second-order valence-electron chi connectivity index (χ2n) is 6.72. The molecule has 2 aromatic rings. The Kier molecular flexibility index (Phi) is 5.30. The molecule has 1 N–H and O–H groups in total. The molecule has 0 atom stereocenters. The lowest BCUT2D eigenvalue weighted by molar-refractivity contribution is -0.132. The number of rotatable bonds is 5. The quantitative estimate of drug-likeness (QED) is 0.919. The molecule has 1 aliphatic rings. The highest BCUT2D eigenvalue weighted by Gasteiger charge is 2.23. The van der Waals surface area contributed by atoms with Crippen LogP contribution >= 0.6 is 0 Å². The summed E-state index contributed by atoms with van der Waals surface area (Å²) in [5.74, 6) is 1.62. The summed E-state index contributed by atoms with van der Waals surface area (Å²) < 4.78 is 0. The number of aromatic amines is 1. The van der Waals surface area contributed by atoms with Gasteiger partial charge in [-0.15, -0.1) is 0 Å². The number of hydrogen-bond donors (Lipinski definition) is 1. The summed E-state index contributed by atoms with van der Waals surface area (Å²) in [5.41, 5.74) is 2.45. The van der Waals surface area contributed by atoms with Crippen molar-refractivity contribution in [3.63, 3.8) is 0 Å². The Bertz CT molecular complexity index is 659. The van der Waals surface area contributed by atoms with Crippen molar-refractivity contribution in [3.8, 4) is 0 Å². The van der Waals surface area contributed by atoms with Gasteiger partial charge in [-0.1, -0.05) is 30.3 Å². The highest BCUT2D eigenvalue weighted by molar-refractivity contribution is 5.77. The van der Waals surface area contributed by atoms with E-state index in [4.69, 9.17) is 0 Å². The molecule has 0 aliphatic carbocycles. The van der Waals surface area contributed by atoms with Crippen molar-refractivity contribution in [2.24, 2.45) is 0 Å². The van der Waals surface area contributed by atoms with E-state index in [-0.39, 0.29) is 5.91 Å². The summed E-state index contributed by atoms with van der Waals surface area (Å²) in [6.45, 7) is 4.97. The molecule has 0 radical (unpaired) electrons. The molecule has 0 bridgehead atoms. The Morgan fingerprint density at radius 3 is 2.62 bits per heavy atom. The minimum absolute atomic E-state index is 0.155. The molecule has 128 valence electrons. The molecule has 1 fully saturated rings. The number of likely N-dealkylation sites (N-methyl/N-ethyl adjacent to an activating group) is 1. The van der Waals surface area contributed by atoms with Crippen LogP contribution in [0.2, 0.25) is 0 Å². The SMILES string of the molecule is Cc1cnc(CN(C)C(=O)CN2CCC(c3ccccc3)CC2)[nH]1. The Balaban J connectivity index is 1.46. The van der Waals surface area contributed by atoms with Crippen LogP contribution in [0.25, 0.3) is 0 Å². The maximum atomic E-state index is 12.4. The number of carbonyl (C=O) groups excluding carboxylic acids is 1. The lowest BCUT2D eigenvalue weighted by Gasteiger charge is -2.32. The van der Waals surface area contributed by atoms with E-state index >= 15 is 0 Å². The second-order valence-corrected chi connectivity index (χ2v) is 6.72. The van der Waals surface area contributed by atoms with Crippen molar-refractivity contribution in [3.05, 3.63) is 53.6 Å². The normalized spacial score (nSPS) is 16.2. The summed E-state index contributed by atoms with van der Waals surface area (Å²) in [4.78, 5) is 23.9. The zero-order valence-electron chi connectivity index (χ0n) is 14.5. The van der Waals surface area contributed by atoms with Crippen LogP contribution in [0.15, 0.2) is 36.5 Å². The van der Waals surface area contributed by atoms with Crippen molar-refractivity contribution in [2.75, 3.05) is 26.7 Å². The van der Waals surface area contributed by atoms with Crippen molar-refractivity contribution >= 4 is 5.91 Å². The third-order valence-corrected chi connectivity index (χ3v) is 4.79. The van der Waals surface area contributed by atoms with Gasteiger partial charge in [0.25, 0.3) is 0 Å². The van der Waals surface area contributed by atoms with Crippen molar-refractivity contribution < 1.29 is 4.79 Å². The van der Waals surface area contributed by atoms with Gasteiger partial charge in [-0.3, -0.25) is 9.69 Å². The number of imidazole rings is 1.